The van der Waals surface area contributed by atoms with E-state index < -0.39 is 0 Å². The van der Waals surface area contributed by atoms with E-state index in [0.29, 0.717) is 55.6 Å². The van der Waals surface area contributed by atoms with Gasteiger partial charge in [-0.15, -0.1) is 0 Å². The number of hydrogen-bond acceptors (Lipinski definition) is 6. The summed E-state index contributed by atoms with van der Waals surface area (Å²) in [6.07, 6.45) is 6.14. The summed E-state index contributed by atoms with van der Waals surface area (Å²) < 4.78 is 11.2. The van der Waals surface area contributed by atoms with E-state index in [-0.39, 0.29) is 17.6 Å². The first-order chi connectivity index (χ1) is 14.8. The van der Waals surface area contributed by atoms with Crippen molar-refractivity contribution >= 4 is 11.6 Å². The van der Waals surface area contributed by atoms with Crippen LogP contribution >= 0.6 is 0 Å². The lowest BCUT2D eigenvalue weighted by Gasteiger charge is -2.39. The molecule has 7 heteroatoms. The molecule has 4 rings (SSSR count). The monoisotopic (exact) mass is 422 g/mol. The minimum absolute atomic E-state index is 0.00751. The van der Waals surface area contributed by atoms with Crippen LogP contribution < -0.4 is 0 Å². The molecule has 0 aromatic carbocycles. The quantitative estimate of drug-likeness (QED) is 0.576. The molecule has 1 atom stereocenters. The first kappa shape index (κ1) is 21.4. The second-order valence-electron chi connectivity index (χ2n) is 9.34. The maximum atomic E-state index is 12.7. The zero-order valence-electron chi connectivity index (χ0n) is 18.5. The zero-order valence-corrected chi connectivity index (χ0v) is 18.5. The summed E-state index contributed by atoms with van der Waals surface area (Å²) in [6.45, 7) is 8.30. The zero-order chi connectivity index (χ0) is 22.2. The van der Waals surface area contributed by atoms with Crippen LogP contribution in [0, 0.1) is 22.7 Å². The number of nitrogens with one attached hydrogen (secondary N) is 1. The van der Waals surface area contributed by atoms with E-state index in [0.717, 1.165) is 24.0 Å². The Hall–Kier alpha value is -2.85. The van der Waals surface area contributed by atoms with Crippen LogP contribution in [-0.4, -0.2) is 59.3 Å². The van der Waals surface area contributed by atoms with E-state index in [1.807, 2.05) is 31.9 Å². The van der Waals surface area contributed by atoms with Crippen molar-refractivity contribution < 1.29 is 13.9 Å². The van der Waals surface area contributed by atoms with Gasteiger partial charge in [0, 0.05) is 55.5 Å². The molecule has 0 spiro atoms. The highest BCUT2D eigenvalue weighted by molar-refractivity contribution is 6.02. The second kappa shape index (κ2) is 8.35. The molecule has 3 aliphatic rings. The fraction of sp³-hybridized carbons (Fsp3) is 0.542. The van der Waals surface area contributed by atoms with Gasteiger partial charge in [0.25, 0.3) is 5.91 Å². The third-order valence-corrected chi connectivity index (χ3v) is 6.29. The van der Waals surface area contributed by atoms with Crippen molar-refractivity contribution in [3.05, 3.63) is 47.1 Å². The fourth-order valence-electron chi connectivity index (χ4n) is 4.36. The summed E-state index contributed by atoms with van der Waals surface area (Å²) in [4.78, 5) is 16.6. The Bertz CT molecular complexity index is 963. The fourth-order valence-corrected chi connectivity index (χ4v) is 4.36. The molecule has 1 saturated heterocycles. The smallest absolute Gasteiger partial charge is 0.289 e. The lowest BCUT2D eigenvalue weighted by atomic mass is 9.85. The van der Waals surface area contributed by atoms with Gasteiger partial charge < -0.3 is 24.4 Å². The van der Waals surface area contributed by atoms with Crippen molar-refractivity contribution in [2.24, 2.45) is 5.92 Å². The van der Waals surface area contributed by atoms with E-state index in [2.05, 4.69) is 11.0 Å². The van der Waals surface area contributed by atoms with Gasteiger partial charge in [-0.3, -0.25) is 4.79 Å². The summed E-state index contributed by atoms with van der Waals surface area (Å²) in [5.41, 5.74) is 2.70. The Morgan fingerprint density at radius 2 is 2.10 bits per heavy atom. The molecule has 1 N–H and O–H groups in total. The predicted octanol–water partition coefficient (Wildman–Crippen LogP) is 3.76. The minimum Gasteiger partial charge on any atom is -0.459 e. The highest BCUT2D eigenvalue weighted by Gasteiger charge is 2.36. The third-order valence-electron chi connectivity index (χ3n) is 6.29. The molecule has 7 nitrogen and oxygen atoms in total. The Morgan fingerprint density at radius 1 is 1.32 bits per heavy atom. The van der Waals surface area contributed by atoms with E-state index in [1.54, 1.807) is 12.1 Å². The van der Waals surface area contributed by atoms with Crippen molar-refractivity contribution in [2.75, 3.05) is 26.2 Å². The number of hydrogen-bond donors (Lipinski definition) is 1. The molecule has 2 fully saturated rings. The van der Waals surface area contributed by atoms with Crippen LogP contribution in [0.15, 0.2) is 45.7 Å². The Labute approximate surface area is 183 Å². The normalized spacial score (nSPS) is 24.2. The van der Waals surface area contributed by atoms with Gasteiger partial charge in [-0.05, 0) is 51.3 Å². The molecule has 1 amide bonds. The summed E-state index contributed by atoms with van der Waals surface area (Å²) in [5.74, 6) is 0.563. The number of carbonyl (C=O) groups is 1. The van der Waals surface area contributed by atoms with Crippen molar-refractivity contribution in [3.8, 4) is 6.07 Å². The van der Waals surface area contributed by atoms with Gasteiger partial charge in [-0.2, -0.15) is 5.26 Å². The summed E-state index contributed by atoms with van der Waals surface area (Å²) in [7, 11) is 0. The summed E-state index contributed by atoms with van der Waals surface area (Å²) in [5, 5.41) is 18.6. The van der Waals surface area contributed by atoms with Crippen LogP contribution in [0.5, 0.6) is 0 Å². The van der Waals surface area contributed by atoms with Crippen LogP contribution in [0.3, 0.4) is 0 Å². The van der Waals surface area contributed by atoms with Gasteiger partial charge in [0.05, 0.1) is 24.0 Å². The van der Waals surface area contributed by atoms with Gasteiger partial charge in [-0.1, -0.05) is 0 Å². The lowest BCUT2D eigenvalue weighted by Crippen LogP contribution is -2.52. The summed E-state index contributed by atoms with van der Waals surface area (Å²) in [6, 6.07) is 5.78. The third kappa shape index (κ3) is 4.59. The first-order valence-electron chi connectivity index (χ1n) is 10.9. The van der Waals surface area contributed by atoms with Gasteiger partial charge >= 0.3 is 0 Å². The molecule has 0 radical (unpaired) electrons. The SMILES string of the molecule is CC1CN(/C=C(\C#N)C2=C(C(=N)C3CC3)COC(C)(C)C2)CCN1C(=O)c1ccco1. The summed E-state index contributed by atoms with van der Waals surface area (Å²) >= 11 is 0. The number of nitriles is 1. The molecular formula is C24H30N4O3. The molecule has 164 valence electrons. The number of nitrogens with zero attached hydrogens (tertiary/aromatic N) is 3. The number of allylic oxidation sites excluding steroid dienone is 1. The standard InChI is InChI=1S/C24H30N4O3/c1-16-13-27(8-9-28(16)23(29)21-5-4-10-30-21)14-18(12-25)19-11-24(2,3)31-15-20(19)22(26)17-6-7-17/h4-5,10,14,16-17,26H,6-9,11,13,15H2,1-3H3/b18-14+,26-22?. The Morgan fingerprint density at radius 3 is 2.71 bits per heavy atom. The molecule has 1 saturated carbocycles. The molecule has 1 unspecified atom stereocenters. The van der Waals surface area contributed by atoms with Crippen molar-refractivity contribution in [3.63, 3.8) is 0 Å². The molecule has 1 aromatic rings. The van der Waals surface area contributed by atoms with Gasteiger partial charge in [0.1, 0.15) is 6.07 Å². The number of piperazine rings is 1. The van der Waals surface area contributed by atoms with E-state index in [9.17, 15) is 10.1 Å². The maximum Gasteiger partial charge on any atom is 0.289 e. The number of carbonyl (C=O) groups excluding carboxylic acids is 1. The number of rotatable bonds is 5. The largest absolute Gasteiger partial charge is 0.459 e. The predicted molar refractivity (Wildman–Crippen MR) is 117 cm³/mol. The molecule has 31 heavy (non-hydrogen) atoms. The van der Waals surface area contributed by atoms with E-state index in [1.165, 1.54) is 6.26 Å². The molecule has 2 aliphatic heterocycles. The highest BCUT2D eigenvalue weighted by Crippen LogP contribution is 2.39. The maximum absolute atomic E-state index is 12.7. The molecule has 3 heterocycles. The lowest BCUT2D eigenvalue weighted by molar-refractivity contribution is -0.0115. The van der Waals surface area contributed by atoms with E-state index in [4.69, 9.17) is 14.6 Å². The molecule has 1 aromatic heterocycles. The molecule has 1 aliphatic carbocycles. The van der Waals surface area contributed by atoms with E-state index >= 15 is 0 Å². The van der Waals surface area contributed by atoms with Crippen LogP contribution in [-0.2, 0) is 4.74 Å². The van der Waals surface area contributed by atoms with Crippen molar-refractivity contribution in [1.29, 1.82) is 10.7 Å². The molecular weight excluding hydrogens is 392 g/mol. The van der Waals surface area contributed by atoms with Gasteiger partial charge in [-0.25, -0.2) is 0 Å². The van der Waals surface area contributed by atoms with Crippen molar-refractivity contribution in [1.82, 2.24) is 9.80 Å². The Balaban J connectivity index is 1.54. The Kier molecular flexibility index (Phi) is 5.76. The first-order valence-corrected chi connectivity index (χ1v) is 10.9. The average Bonchev–Trinajstić information content (AvgIpc) is 3.44. The topological polar surface area (TPSA) is 93.6 Å². The van der Waals surface area contributed by atoms with Crippen LogP contribution in [0.25, 0.3) is 0 Å². The van der Waals surface area contributed by atoms with Gasteiger partial charge in [0.2, 0.25) is 0 Å². The van der Waals surface area contributed by atoms with Crippen LogP contribution in [0.4, 0.5) is 0 Å². The second-order valence-corrected chi connectivity index (χ2v) is 9.34. The number of amides is 1. The van der Waals surface area contributed by atoms with Crippen LogP contribution in [0.2, 0.25) is 0 Å². The molecule has 0 bridgehead atoms. The average molecular weight is 423 g/mol. The van der Waals surface area contributed by atoms with Crippen LogP contribution in [0.1, 0.15) is 50.6 Å². The number of furan rings is 1. The number of ether oxygens (including phenoxy) is 1. The van der Waals surface area contributed by atoms with Crippen molar-refractivity contribution in [2.45, 2.75) is 51.7 Å². The minimum atomic E-state index is -0.361. The highest BCUT2D eigenvalue weighted by atomic mass is 16.5. The van der Waals surface area contributed by atoms with Gasteiger partial charge in [0.15, 0.2) is 5.76 Å².